The zero-order valence-electron chi connectivity index (χ0n) is 27.9. The van der Waals surface area contributed by atoms with Gasteiger partial charge in [-0.25, -0.2) is 0 Å². The van der Waals surface area contributed by atoms with Gasteiger partial charge in [-0.3, -0.25) is 4.99 Å². The van der Waals surface area contributed by atoms with Crippen LogP contribution in [0.2, 0.25) is 0 Å². The number of fused-ring (bicyclic) bond motifs is 5. The van der Waals surface area contributed by atoms with Crippen LogP contribution < -0.4 is 5.32 Å². The summed E-state index contributed by atoms with van der Waals surface area (Å²) in [7, 11) is 0. The van der Waals surface area contributed by atoms with Gasteiger partial charge >= 0.3 is 0 Å². The van der Waals surface area contributed by atoms with Gasteiger partial charge in [0.05, 0.1) is 16.7 Å². The maximum absolute atomic E-state index is 5.35. The van der Waals surface area contributed by atoms with Gasteiger partial charge in [0.2, 0.25) is 0 Å². The molecular weight excluding hydrogens is 619 g/mol. The normalized spacial score (nSPS) is 14.5. The molecule has 0 spiro atoms. The molecule has 9 aromatic rings. The van der Waals surface area contributed by atoms with Crippen molar-refractivity contribution < 1.29 is 0 Å². The van der Waals surface area contributed by atoms with E-state index in [4.69, 9.17) is 4.99 Å². The van der Waals surface area contributed by atoms with E-state index in [1.165, 1.54) is 54.5 Å². The number of aromatic nitrogens is 1. The van der Waals surface area contributed by atoms with Gasteiger partial charge in [-0.15, -0.1) is 0 Å². The van der Waals surface area contributed by atoms with E-state index in [2.05, 4.69) is 198 Å². The fourth-order valence-corrected chi connectivity index (χ4v) is 7.62. The first-order chi connectivity index (χ1) is 25.2. The zero-order valence-corrected chi connectivity index (χ0v) is 27.9. The Hall–Kier alpha value is -6.71. The monoisotopic (exact) mass is 651 g/mol. The molecule has 2 heterocycles. The molecule has 0 amide bonds. The van der Waals surface area contributed by atoms with Crippen LogP contribution in [0.3, 0.4) is 0 Å². The molecule has 1 aliphatic rings. The van der Waals surface area contributed by atoms with E-state index >= 15 is 0 Å². The van der Waals surface area contributed by atoms with E-state index in [0.29, 0.717) is 0 Å². The minimum Gasteiger partial charge on any atom is -0.360 e. The molecule has 10 rings (SSSR count). The van der Waals surface area contributed by atoms with Crippen LogP contribution in [0.1, 0.15) is 22.9 Å². The highest BCUT2D eigenvalue weighted by molar-refractivity contribution is 6.14. The van der Waals surface area contributed by atoms with Crippen LogP contribution in [0.25, 0.3) is 65.9 Å². The number of aliphatic imine (C=N–C) groups is 1. The number of nitrogens with zero attached hydrogens (tertiary/aromatic N) is 2. The summed E-state index contributed by atoms with van der Waals surface area (Å²) in [4.78, 5) is 5.35. The molecule has 0 saturated heterocycles. The van der Waals surface area contributed by atoms with Crippen molar-refractivity contribution in [3.8, 4) is 16.8 Å². The van der Waals surface area contributed by atoms with Crippen LogP contribution in [0.4, 0.5) is 0 Å². The smallest absolute Gasteiger partial charge is 0.145 e. The van der Waals surface area contributed by atoms with Gasteiger partial charge < -0.3 is 9.88 Å². The van der Waals surface area contributed by atoms with E-state index in [-0.39, 0.29) is 6.17 Å². The highest BCUT2D eigenvalue weighted by Crippen LogP contribution is 2.36. The van der Waals surface area contributed by atoms with Gasteiger partial charge in [-0.05, 0) is 92.3 Å². The molecule has 8 aromatic carbocycles. The summed E-state index contributed by atoms with van der Waals surface area (Å²) in [6.45, 7) is 0. The lowest BCUT2D eigenvalue weighted by Gasteiger charge is -2.25. The van der Waals surface area contributed by atoms with E-state index in [9.17, 15) is 0 Å². The van der Waals surface area contributed by atoms with Gasteiger partial charge in [0.25, 0.3) is 0 Å². The lowest BCUT2D eigenvalue weighted by atomic mass is 9.98. The number of rotatable bonds is 5. The van der Waals surface area contributed by atoms with Crippen molar-refractivity contribution in [3.63, 3.8) is 0 Å². The van der Waals surface area contributed by atoms with Crippen molar-refractivity contribution in [2.45, 2.75) is 6.17 Å². The van der Waals surface area contributed by atoms with Gasteiger partial charge in [0, 0.05) is 27.7 Å². The number of hydrogen-bond donors (Lipinski definition) is 1. The summed E-state index contributed by atoms with van der Waals surface area (Å²) >= 11 is 0. The molecule has 0 aliphatic carbocycles. The predicted octanol–water partition coefficient (Wildman–Crippen LogP) is 11.9. The Morgan fingerprint density at radius 3 is 1.96 bits per heavy atom. The number of nitrogens with one attached hydrogen (secondary N) is 1. The molecule has 1 aromatic heterocycles. The second-order valence-corrected chi connectivity index (χ2v) is 13.3. The summed E-state index contributed by atoms with van der Waals surface area (Å²) in [6, 6.07) is 65.3. The van der Waals surface area contributed by atoms with Gasteiger partial charge in [0.1, 0.15) is 6.17 Å². The average Bonchev–Trinajstić information content (AvgIpc) is 3.53. The third-order valence-electron chi connectivity index (χ3n) is 10.2. The van der Waals surface area contributed by atoms with Crippen molar-refractivity contribution in [2.75, 3.05) is 0 Å². The fourth-order valence-electron chi connectivity index (χ4n) is 7.62. The Balaban J connectivity index is 1.10. The molecule has 1 aliphatic heterocycles. The van der Waals surface area contributed by atoms with E-state index in [0.717, 1.165) is 33.8 Å². The Morgan fingerprint density at radius 1 is 0.431 bits per heavy atom. The molecular formula is C48H33N3. The van der Waals surface area contributed by atoms with Crippen molar-refractivity contribution in [3.05, 3.63) is 205 Å². The highest BCUT2D eigenvalue weighted by Gasteiger charge is 2.21. The van der Waals surface area contributed by atoms with Crippen molar-refractivity contribution in [2.24, 2.45) is 4.99 Å². The summed E-state index contributed by atoms with van der Waals surface area (Å²) in [5, 5.41) is 11.2. The first kappa shape index (κ1) is 29.2. The summed E-state index contributed by atoms with van der Waals surface area (Å²) in [5.74, 6) is 0. The minimum absolute atomic E-state index is 0.256. The number of allylic oxidation sites excluding steroid dienone is 1. The molecule has 1 unspecified atom stereocenters. The molecule has 51 heavy (non-hydrogen) atoms. The molecule has 0 bridgehead atoms. The Bertz CT molecular complexity index is 2830. The molecule has 0 fully saturated rings. The van der Waals surface area contributed by atoms with Crippen molar-refractivity contribution >= 4 is 54.8 Å². The lowest BCUT2D eigenvalue weighted by Crippen LogP contribution is -2.24. The first-order valence-corrected chi connectivity index (χ1v) is 17.5. The van der Waals surface area contributed by atoms with Crippen LogP contribution >= 0.6 is 0 Å². The third-order valence-corrected chi connectivity index (χ3v) is 10.2. The molecule has 0 saturated carbocycles. The van der Waals surface area contributed by atoms with E-state index in [1.54, 1.807) is 0 Å². The molecule has 240 valence electrons. The maximum atomic E-state index is 5.35. The standard InChI is InChI=1S/C48H33N3/c1-3-12-32(13-4-1)35-18-11-19-38(26-35)45-31-44(34-14-5-2-6-15-34)49-48(50-45)39-23-22-33-24-25-41(28-40(33)27-39)51-46-21-10-9-20-42(46)43-29-36-16-7-8-17-37(36)30-47(43)51/h1-31,48-49H. The molecule has 3 nitrogen and oxygen atoms in total. The first-order valence-electron chi connectivity index (χ1n) is 17.5. The molecule has 0 radical (unpaired) electrons. The van der Waals surface area contributed by atoms with Crippen molar-refractivity contribution in [1.29, 1.82) is 0 Å². The van der Waals surface area contributed by atoms with Crippen molar-refractivity contribution in [1.82, 2.24) is 9.88 Å². The zero-order chi connectivity index (χ0) is 33.7. The quantitative estimate of drug-likeness (QED) is 0.197. The van der Waals surface area contributed by atoms with Crippen LogP contribution in [-0.4, -0.2) is 10.3 Å². The number of benzene rings is 8. The van der Waals surface area contributed by atoms with Crippen LogP contribution in [0.15, 0.2) is 193 Å². The molecule has 3 heteroatoms. The SMILES string of the molecule is C1=C(c2ccccc2)NC(c2ccc3ccc(-n4c5ccccc5c5cc6ccccc6cc54)cc3c2)N=C1c1cccc(-c2ccccc2)c1. The van der Waals surface area contributed by atoms with Gasteiger partial charge in [0.15, 0.2) is 0 Å². The number of hydrogen-bond acceptors (Lipinski definition) is 2. The van der Waals surface area contributed by atoms with Gasteiger partial charge in [-0.2, -0.15) is 0 Å². The second-order valence-electron chi connectivity index (χ2n) is 13.3. The van der Waals surface area contributed by atoms with E-state index < -0.39 is 0 Å². The summed E-state index contributed by atoms with van der Waals surface area (Å²) in [6.07, 6.45) is 1.93. The highest BCUT2D eigenvalue weighted by atomic mass is 15.1. The maximum Gasteiger partial charge on any atom is 0.145 e. The molecule has 1 atom stereocenters. The largest absolute Gasteiger partial charge is 0.360 e. The van der Waals surface area contributed by atoms with Gasteiger partial charge in [-0.1, -0.05) is 140 Å². The molecule has 1 N–H and O–H groups in total. The Morgan fingerprint density at radius 2 is 1.12 bits per heavy atom. The Labute approximate surface area is 296 Å². The fraction of sp³-hybridized carbons (Fsp3) is 0.0208. The lowest BCUT2D eigenvalue weighted by molar-refractivity contribution is 0.665. The average molecular weight is 652 g/mol. The van der Waals surface area contributed by atoms with Crippen LogP contribution in [-0.2, 0) is 0 Å². The number of para-hydroxylation sites is 1. The van der Waals surface area contributed by atoms with Crippen LogP contribution in [0, 0.1) is 0 Å². The topological polar surface area (TPSA) is 29.3 Å². The third kappa shape index (κ3) is 5.19. The van der Waals surface area contributed by atoms with Crippen LogP contribution in [0.5, 0.6) is 0 Å². The predicted molar refractivity (Wildman–Crippen MR) is 215 cm³/mol. The van der Waals surface area contributed by atoms with E-state index in [1.807, 2.05) is 0 Å². The minimum atomic E-state index is -0.256. The Kier molecular flexibility index (Phi) is 6.88. The summed E-state index contributed by atoms with van der Waals surface area (Å²) in [5.41, 5.74) is 11.3. The second kappa shape index (κ2) is 12.0. The summed E-state index contributed by atoms with van der Waals surface area (Å²) < 4.78 is 2.41.